The normalized spacial score (nSPS) is 11.5. The minimum absolute atomic E-state index is 0.272. The summed E-state index contributed by atoms with van der Waals surface area (Å²) in [5.74, 6) is 1.57. The molecule has 7 nitrogen and oxygen atoms in total. The molecule has 3 aromatic rings. The molecule has 0 unspecified atom stereocenters. The Morgan fingerprint density at radius 2 is 2.12 bits per heavy atom. The first-order chi connectivity index (χ1) is 12.4. The smallest absolute Gasteiger partial charge is 0.217 e. The van der Waals surface area contributed by atoms with E-state index < -0.39 is 0 Å². The van der Waals surface area contributed by atoms with Gasteiger partial charge in [-0.25, -0.2) is 4.98 Å². The second-order valence-electron chi connectivity index (χ2n) is 6.50. The van der Waals surface area contributed by atoms with Gasteiger partial charge >= 0.3 is 0 Å². The molecule has 0 fully saturated rings. The zero-order chi connectivity index (χ0) is 18.7. The summed E-state index contributed by atoms with van der Waals surface area (Å²) in [6.45, 7) is 5.07. The van der Waals surface area contributed by atoms with Crippen LogP contribution in [0.1, 0.15) is 31.8 Å². The van der Waals surface area contributed by atoms with E-state index in [4.69, 9.17) is 17.3 Å². The number of hydrogen-bond acceptors (Lipinski definition) is 5. The third-order valence-electron chi connectivity index (χ3n) is 3.75. The van der Waals surface area contributed by atoms with Gasteiger partial charge in [-0.1, -0.05) is 37.2 Å². The largest absolute Gasteiger partial charge is 0.370 e. The Balaban J connectivity index is 1.75. The highest BCUT2D eigenvalue weighted by molar-refractivity contribution is 7.98. The molecular formula is C17H21ClN6OS. The molecule has 26 heavy (non-hydrogen) atoms. The standard InChI is InChI=1S/C17H21ClN6OS/c1-11(2)7-24-16(6-4-14(19)25)21-22-17(24)26-10-13-9-23-8-12(18)3-5-15(23)20-13/h3,5,8-9,11H,4,6-7,10H2,1-2H3,(H2,19,25). The van der Waals surface area contributed by atoms with Crippen molar-refractivity contribution in [3.05, 3.63) is 41.1 Å². The predicted molar refractivity (Wildman–Crippen MR) is 102 cm³/mol. The third-order valence-corrected chi connectivity index (χ3v) is 4.97. The number of hydrogen-bond donors (Lipinski definition) is 1. The fourth-order valence-corrected chi connectivity index (χ4v) is 3.64. The van der Waals surface area contributed by atoms with Gasteiger partial charge in [-0.3, -0.25) is 4.79 Å². The number of nitrogens with two attached hydrogens (primary N) is 1. The summed E-state index contributed by atoms with van der Waals surface area (Å²) in [6.07, 6.45) is 4.57. The molecule has 3 rings (SSSR count). The number of carbonyl (C=O) groups excluding carboxylic acids is 1. The van der Waals surface area contributed by atoms with Gasteiger partial charge in [0.2, 0.25) is 5.91 Å². The second kappa shape index (κ2) is 8.09. The highest BCUT2D eigenvalue weighted by Gasteiger charge is 2.15. The van der Waals surface area contributed by atoms with Crippen molar-refractivity contribution in [2.45, 2.75) is 44.1 Å². The van der Waals surface area contributed by atoms with Crippen LogP contribution in [0.4, 0.5) is 0 Å². The van der Waals surface area contributed by atoms with E-state index in [0.717, 1.165) is 28.9 Å². The molecule has 2 N–H and O–H groups in total. The Morgan fingerprint density at radius 3 is 2.85 bits per heavy atom. The monoisotopic (exact) mass is 392 g/mol. The van der Waals surface area contributed by atoms with Gasteiger partial charge in [0, 0.05) is 37.5 Å². The van der Waals surface area contributed by atoms with Gasteiger partial charge in [0.15, 0.2) is 5.16 Å². The summed E-state index contributed by atoms with van der Waals surface area (Å²) < 4.78 is 3.99. The van der Waals surface area contributed by atoms with Gasteiger partial charge in [0.1, 0.15) is 11.5 Å². The van der Waals surface area contributed by atoms with Crippen molar-refractivity contribution in [2.75, 3.05) is 0 Å². The van der Waals surface area contributed by atoms with Gasteiger partial charge in [0.25, 0.3) is 0 Å². The quantitative estimate of drug-likeness (QED) is 0.595. The van der Waals surface area contributed by atoms with Crippen LogP contribution in [0.2, 0.25) is 5.02 Å². The van der Waals surface area contributed by atoms with Crippen molar-refractivity contribution in [3.8, 4) is 0 Å². The Labute approximate surface area is 161 Å². The van der Waals surface area contributed by atoms with Gasteiger partial charge < -0.3 is 14.7 Å². The molecule has 0 aliphatic rings. The maximum absolute atomic E-state index is 11.1. The molecule has 3 aromatic heterocycles. The first-order valence-electron chi connectivity index (χ1n) is 8.38. The number of fused-ring (bicyclic) bond motifs is 1. The molecule has 0 aliphatic carbocycles. The van der Waals surface area contributed by atoms with E-state index in [1.807, 2.05) is 28.9 Å². The maximum atomic E-state index is 11.1. The summed E-state index contributed by atoms with van der Waals surface area (Å²) >= 11 is 7.60. The van der Waals surface area contributed by atoms with E-state index in [1.54, 1.807) is 11.8 Å². The number of aryl methyl sites for hydroxylation is 1. The molecule has 0 saturated carbocycles. The molecule has 0 spiro atoms. The zero-order valence-electron chi connectivity index (χ0n) is 14.7. The van der Waals surface area contributed by atoms with Crippen molar-refractivity contribution >= 4 is 34.9 Å². The van der Waals surface area contributed by atoms with Crippen LogP contribution < -0.4 is 5.73 Å². The lowest BCUT2D eigenvalue weighted by Gasteiger charge is -2.11. The van der Waals surface area contributed by atoms with E-state index in [1.165, 1.54) is 0 Å². The van der Waals surface area contributed by atoms with Gasteiger partial charge in [-0.15, -0.1) is 10.2 Å². The highest BCUT2D eigenvalue weighted by atomic mass is 35.5. The Kier molecular flexibility index (Phi) is 5.83. The van der Waals surface area contributed by atoms with Crippen LogP contribution in [-0.4, -0.2) is 30.1 Å². The lowest BCUT2D eigenvalue weighted by atomic mass is 10.2. The molecule has 0 aromatic carbocycles. The molecule has 0 atom stereocenters. The summed E-state index contributed by atoms with van der Waals surface area (Å²) in [4.78, 5) is 15.7. The Bertz CT molecular complexity index is 919. The van der Waals surface area contributed by atoms with Crippen molar-refractivity contribution in [2.24, 2.45) is 11.7 Å². The molecule has 9 heteroatoms. The zero-order valence-corrected chi connectivity index (χ0v) is 16.3. The number of thioether (sulfide) groups is 1. The van der Waals surface area contributed by atoms with Crippen molar-refractivity contribution < 1.29 is 4.79 Å². The SMILES string of the molecule is CC(C)Cn1c(CCC(N)=O)nnc1SCc1cn2cc(Cl)ccc2n1. The number of pyridine rings is 1. The van der Waals surface area contributed by atoms with Gasteiger partial charge in [-0.05, 0) is 18.1 Å². The van der Waals surface area contributed by atoms with Crippen LogP contribution in [-0.2, 0) is 23.5 Å². The minimum atomic E-state index is -0.332. The van der Waals surface area contributed by atoms with Gasteiger partial charge in [0.05, 0.1) is 10.7 Å². The average Bonchev–Trinajstić information content (AvgIpc) is 3.13. The molecule has 3 heterocycles. The minimum Gasteiger partial charge on any atom is -0.370 e. The Hall–Kier alpha value is -2.06. The van der Waals surface area contributed by atoms with Crippen molar-refractivity contribution in [1.29, 1.82) is 0 Å². The summed E-state index contributed by atoms with van der Waals surface area (Å²) in [7, 11) is 0. The lowest BCUT2D eigenvalue weighted by Crippen LogP contribution is -2.15. The first kappa shape index (κ1) is 18.7. The summed E-state index contributed by atoms with van der Waals surface area (Å²) in [5.41, 5.74) is 7.06. The number of nitrogens with zero attached hydrogens (tertiary/aromatic N) is 5. The molecule has 0 aliphatic heterocycles. The Morgan fingerprint density at radius 1 is 1.31 bits per heavy atom. The van der Waals surface area contributed by atoms with Crippen LogP contribution in [0.15, 0.2) is 29.7 Å². The molecule has 138 valence electrons. The van der Waals surface area contributed by atoms with E-state index in [-0.39, 0.29) is 12.3 Å². The number of primary amides is 1. The number of amides is 1. The van der Waals surface area contributed by atoms with Crippen LogP contribution in [0.3, 0.4) is 0 Å². The summed E-state index contributed by atoms with van der Waals surface area (Å²) in [5, 5.41) is 10.0. The molecule has 0 bridgehead atoms. The second-order valence-corrected chi connectivity index (χ2v) is 7.88. The number of carbonyl (C=O) groups is 1. The fraction of sp³-hybridized carbons (Fsp3) is 0.412. The predicted octanol–water partition coefficient (Wildman–Crippen LogP) is 2.95. The highest BCUT2D eigenvalue weighted by Crippen LogP contribution is 2.24. The number of rotatable bonds is 8. The molecular weight excluding hydrogens is 372 g/mol. The number of imidazole rings is 1. The van der Waals surface area contributed by atoms with E-state index >= 15 is 0 Å². The van der Waals surface area contributed by atoms with Crippen LogP contribution >= 0.6 is 23.4 Å². The van der Waals surface area contributed by atoms with Crippen molar-refractivity contribution in [1.82, 2.24) is 24.1 Å². The number of aromatic nitrogens is 5. The summed E-state index contributed by atoms with van der Waals surface area (Å²) in [6, 6.07) is 3.71. The van der Waals surface area contributed by atoms with Gasteiger partial charge in [-0.2, -0.15) is 0 Å². The number of halogens is 1. The molecule has 1 amide bonds. The van der Waals surface area contributed by atoms with Crippen LogP contribution in [0.25, 0.3) is 5.65 Å². The molecule has 0 radical (unpaired) electrons. The van der Waals surface area contributed by atoms with E-state index in [0.29, 0.717) is 23.1 Å². The average molecular weight is 393 g/mol. The third kappa shape index (κ3) is 4.56. The first-order valence-corrected chi connectivity index (χ1v) is 9.75. The van der Waals surface area contributed by atoms with Crippen LogP contribution in [0.5, 0.6) is 0 Å². The fourth-order valence-electron chi connectivity index (χ4n) is 2.62. The topological polar surface area (TPSA) is 91.1 Å². The van der Waals surface area contributed by atoms with Crippen LogP contribution in [0, 0.1) is 5.92 Å². The van der Waals surface area contributed by atoms with Crippen molar-refractivity contribution in [3.63, 3.8) is 0 Å². The maximum Gasteiger partial charge on any atom is 0.217 e. The lowest BCUT2D eigenvalue weighted by molar-refractivity contribution is -0.118. The van der Waals surface area contributed by atoms with E-state index in [2.05, 4.69) is 33.6 Å². The van der Waals surface area contributed by atoms with E-state index in [9.17, 15) is 4.79 Å². The molecule has 0 saturated heterocycles.